The smallest absolute Gasteiger partial charge is 0.252 e. The molecule has 46 heavy (non-hydrogen) atoms. The van der Waals surface area contributed by atoms with Gasteiger partial charge in [0, 0.05) is 43.2 Å². The number of unbranched alkanes of at least 4 members (excludes halogenated alkanes) is 1. The lowest BCUT2D eigenvalue weighted by Gasteiger charge is -2.25. The second-order valence-electron chi connectivity index (χ2n) is 11.7. The summed E-state index contributed by atoms with van der Waals surface area (Å²) in [7, 11) is -2.04. The maximum Gasteiger partial charge on any atom is 0.252 e. The summed E-state index contributed by atoms with van der Waals surface area (Å²) >= 11 is 0. The van der Waals surface area contributed by atoms with E-state index in [2.05, 4.69) is 46.7 Å². The van der Waals surface area contributed by atoms with Gasteiger partial charge in [-0.3, -0.25) is 14.9 Å². The van der Waals surface area contributed by atoms with Gasteiger partial charge in [0.2, 0.25) is 0 Å². The molecule has 2 heterocycles. The van der Waals surface area contributed by atoms with E-state index in [1.165, 1.54) is 18.5 Å². The van der Waals surface area contributed by atoms with Gasteiger partial charge in [-0.05, 0) is 67.0 Å². The third kappa shape index (κ3) is 9.30. The number of anilines is 1. The molecule has 6 N–H and O–H groups in total. The van der Waals surface area contributed by atoms with Crippen LogP contribution in [0.15, 0.2) is 77.0 Å². The van der Waals surface area contributed by atoms with Gasteiger partial charge < -0.3 is 28.8 Å². The second-order valence-corrected chi connectivity index (χ2v) is 13.2. The number of aromatic nitrogens is 3. The fourth-order valence-electron chi connectivity index (χ4n) is 4.86. The van der Waals surface area contributed by atoms with Gasteiger partial charge in [0.25, 0.3) is 5.91 Å². The molecule has 0 fully saturated rings. The van der Waals surface area contributed by atoms with Crippen molar-refractivity contribution in [3.05, 3.63) is 83.7 Å². The molecule has 1 amide bonds. The quantitative estimate of drug-likeness (QED) is 0.0460. The minimum atomic E-state index is -3.89. The van der Waals surface area contributed by atoms with Crippen LogP contribution in [0.5, 0.6) is 11.5 Å². The summed E-state index contributed by atoms with van der Waals surface area (Å²) < 4.78 is 36.5. The fraction of sp³-hybridized carbons (Fsp3) is 0.333. The van der Waals surface area contributed by atoms with E-state index < -0.39 is 10.9 Å². The third-order valence-corrected chi connectivity index (χ3v) is 8.47. The molecule has 0 aliphatic heterocycles. The van der Waals surface area contributed by atoms with Gasteiger partial charge >= 0.3 is 0 Å². The van der Waals surface area contributed by atoms with Gasteiger partial charge in [-0.15, -0.1) is 0 Å². The number of hydrogen-bond donors (Lipinski definition) is 6. The third-order valence-electron chi connectivity index (χ3n) is 7.51. The van der Waals surface area contributed by atoms with Crippen LogP contribution in [0.25, 0.3) is 11.3 Å². The number of aromatic hydroxyl groups is 1. The number of benzene rings is 2. The fourth-order valence-corrected chi connectivity index (χ4v) is 5.56. The van der Waals surface area contributed by atoms with Crippen molar-refractivity contribution in [2.75, 3.05) is 18.6 Å². The van der Waals surface area contributed by atoms with Gasteiger partial charge in [0.1, 0.15) is 28.2 Å². The Labute approximate surface area is 270 Å². The number of aryl methyl sites for hydroxylation is 2. The zero-order valence-corrected chi connectivity index (χ0v) is 27.3. The van der Waals surface area contributed by atoms with Crippen molar-refractivity contribution in [2.24, 2.45) is 17.6 Å². The van der Waals surface area contributed by atoms with Crippen LogP contribution in [0, 0.1) is 5.41 Å². The minimum absolute atomic E-state index is 0.0354. The Morgan fingerprint density at radius 1 is 1.11 bits per heavy atom. The molecule has 0 spiro atoms. The lowest BCUT2D eigenvalue weighted by Crippen LogP contribution is -2.34. The van der Waals surface area contributed by atoms with E-state index in [1.807, 2.05) is 19.2 Å². The first-order valence-corrected chi connectivity index (χ1v) is 16.5. The number of nitrogens with one attached hydrogen (secondary N) is 2. The molecule has 0 unspecified atom stereocenters. The molecule has 246 valence electrons. The van der Waals surface area contributed by atoms with Crippen LogP contribution in [0.4, 0.5) is 5.82 Å². The number of amides is 1. The Morgan fingerprint density at radius 2 is 1.89 bits per heavy atom. The Balaban J connectivity index is 1.20. The molecule has 0 aliphatic rings. The van der Waals surface area contributed by atoms with Crippen molar-refractivity contribution in [3.63, 3.8) is 0 Å². The van der Waals surface area contributed by atoms with E-state index >= 15 is 0 Å². The lowest BCUT2D eigenvalue weighted by molar-refractivity contribution is 0.0933. The van der Waals surface area contributed by atoms with E-state index in [1.54, 1.807) is 47.3 Å². The first-order chi connectivity index (χ1) is 21.9. The van der Waals surface area contributed by atoms with Gasteiger partial charge in [0.05, 0.1) is 29.0 Å². The number of carbonyl (C=O) groups excluding carboxylic acids is 1. The standard InChI is InChI=1S/C33H42N6O6S/c1-5-23-18-26(27-14-16-37-39(27)4)28(40)19-29(23)45-17-9-8-15-33(2,3)22-35-32(41)25-12-13-31(34-20-25)38-36-21-24-10-6-7-11-30(24)46(42,43)44/h6-7,10-14,16,18-21,40,42-44H,5,8-9,15,17,22H2,1-4H3,(H,34,38)(H,35,41)/b36-21+. The predicted molar refractivity (Wildman–Crippen MR) is 181 cm³/mol. The molecule has 0 atom stereocenters. The highest BCUT2D eigenvalue weighted by Gasteiger charge is 2.20. The van der Waals surface area contributed by atoms with Gasteiger partial charge in [-0.1, -0.05) is 39.0 Å². The number of hydrogen-bond acceptors (Lipinski definition) is 10. The molecule has 4 rings (SSSR count). The van der Waals surface area contributed by atoms with Crippen molar-refractivity contribution in [2.45, 2.75) is 51.3 Å². The number of nitrogens with zero attached hydrogens (tertiary/aromatic N) is 4. The van der Waals surface area contributed by atoms with Crippen LogP contribution in [0.3, 0.4) is 0 Å². The summed E-state index contributed by atoms with van der Waals surface area (Å²) in [5, 5.41) is 21.9. The van der Waals surface area contributed by atoms with Crippen molar-refractivity contribution in [1.29, 1.82) is 0 Å². The zero-order chi connectivity index (χ0) is 33.3. The summed E-state index contributed by atoms with van der Waals surface area (Å²) in [5.74, 6) is 0.995. The molecule has 0 saturated heterocycles. The van der Waals surface area contributed by atoms with Crippen LogP contribution in [-0.2, 0) is 13.5 Å². The Kier molecular flexibility index (Phi) is 11.4. The molecule has 2 aromatic carbocycles. The summed E-state index contributed by atoms with van der Waals surface area (Å²) in [6, 6.07) is 15.0. The SMILES string of the molecule is CCc1cc(-c2ccnn2C)c(O)cc1OCCCCC(C)(C)CNC(=O)c1ccc(N/N=C/c2ccccc2S(O)(O)O)nc1. The van der Waals surface area contributed by atoms with Crippen molar-refractivity contribution >= 4 is 28.8 Å². The Morgan fingerprint density at radius 3 is 2.57 bits per heavy atom. The topological polar surface area (TPSA) is 174 Å². The second kappa shape index (κ2) is 15.2. The number of hydrazone groups is 1. The van der Waals surface area contributed by atoms with Crippen LogP contribution < -0.4 is 15.5 Å². The molecule has 4 aromatic rings. The van der Waals surface area contributed by atoms with Gasteiger partial charge in [-0.25, -0.2) is 4.98 Å². The minimum Gasteiger partial charge on any atom is -0.507 e. The molecular formula is C33H42N6O6S. The molecule has 2 aromatic heterocycles. The lowest BCUT2D eigenvalue weighted by atomic mass is 9.87. The average Bonchev–Trinajstić information content (AvgIpc) is 3.45. The predicted octanol–water partition coefficient (Wildman–Crippen LogP) is 6.78. The Hall–Kier alpha value is -4.43. The van der Waals surface area contributed by atoms with Crippen LogP contribution in [0.1, 0.15) is 61.5 Å². The van der Waals surface area contributed by atoms with Crippen LogP contribution in [0.2, 0.25) is 0 Å². The highest BCUT2D eigenvalue weighted by atomic mass is 32.3. The summed E-state index contributed by atoms with van der Waals surface area (Å²) in [4.78, 5) is 16.9. The van der Waals surface area contributed by atoms with Crippen molar-refractivity contribution in [1.82, 2.24) is 20.1 Å². The molecule has 12 nitrogen and oxygen atoms in total. The van der Waals surface area contributed by atoms with Gasteiger partial charge in [-0.2, -0.15) is 10.2 Å². The van der Waals surface area contributed by atoms with E-state index in [0.717, 1.165) is 42.5 Å². The highest BCUT2D eigenvalue weighted by molar-refractivity contribution is 8.19. The maximum absolute atomic E-state index is 12.8. The van der Waals surface area contributed by atoms with Gasteiger partial charge in [0.15, 0.2) is 0 Å². The van der Waals surface area contributed by atoms with E-state index in [0.29, 0.717) is 35.8 Å². The van der Waals surface area contributed by atoms with E-state index in [9.17, 15) is 23.6 Å². The molecule has 13 heteroatoms. The molecule has 0 aliphatic carbocycles. The number of ether oxygens (including phenoxy) is 1. The summed E-state index contributed by atoms with van der Waals surface area (Å²) in [6.45, 7) is 7.28. The number of pyridine rings is 1. The zero-order valence-electron chi connectivity index (χ0n) is 26.5. The highest BCUT2D eigenvalue weighted by Crippen LogP contribution is 2.44. The molecular weight excluding hydrogens is 608 g/mol. The average molecular weight is 651 g/mol. The summed E-state index contributed by atoms with van der Waals surface area (Å²) in [5.41, 5.74) is 5.92. The van der Waals surface area contributed by atoms with Crippen LogP contribution >= 0.6 is 10.9 Å². The number of carbonyl (C=O) groups is 1. The van der Waals surface area contributed by atoms with Crippen molar-refractivity contribution in [3.8, 4) is 22.8 Å². The Bertz CT molecular complexity index is 1650. The number of rotatable bonds is 15. The largest absolute Gasteiger partial charge is 0.507 e. The van der Waals surface area contributed by atoms with E-state index in [-0.39, 0.29) is 22.0 Å². The van der Waals surface area contributed by atoms with E-state index in [4.69, 9.17) is 4.74 Å². The first-order valence-electron chi connectivity index (χ1n) is 15.0. The first kappa shape index (κ1) is 34.4. The monoisotopic (exact) mass is 650 g/mol. The molecule has 0 bridgehead atoms. The van der Waals surface area contributed by atoms with Crippen LogP contribution in [-0.4, -0.2) is 58.8 Å². The maximum atomic E-state index is 12.8. The molecule has 0 saturated carbocycles. The summed E-state index contributed by atoms with van der Waals surface area (Å²) in [6.07, 6.45) is 7.89. The number of phenolic OH excluding ortho intramolecular Hbond substituents is 1. The van der Waals surface area contributed by atoms with Crippen molar-refractivity contribution < 1.29 is 28.3 Å². The number of phenols is 1. The molecule has 0 radical (unpaired) electrons. The normalized spacial score (nSPS) is 12.3.